The predicted molar refractivity (Wildman–Crippen MR) is 82.3 cm³/mol. The third-order valence-corrected chi connectivity index (χ3v) is 3.66. The Balaban J connectivity index is 2.33. The molecule has 0 amide bonds. The zero-order valence-corrected chi connectivity index (χ0v) is 13.3. The number of methoxy groups -OCH3 is 1. The van der Waals surface area contributed by atoms with Crippen molar-refractivity contribution in [2.75, 3.05) is 7.11 Å². The molecule has 2 N–H and O–H groups in total. The standard InChI is InChI=1S/C16H23N3O2/c1-9(2)14(11(4)17)16-18-15(19-21-16)12-6-7-13(20-5)10(3)8-12/h6-9,11,14H,17H2,1-5H3. The van der Waals surface area contributed by atoms with Crippen LogP contribution in [0.1, 0.15) is 38.1 Å². The van der Waals surface area contributed by atoms with Gasteiger partial charge in [-0.3, -0.25) is 0 Å². The Morgan fingerprint density at radius 3 is 2.48 bits per heavy atom. The van der Waals surface area contributed by atoms with Gasteiger partial charge in [-0.1, -0.05) is 19.0 Å². The molecule has 5 nitrogen and oxygen atoms in total. The van der Waals surface area contributed by atoms with Crippen molar-refractivity contribution in [3.63, 3.8) is 0 Å². The molecular formula is C16H23N3O2. The first-order chi connectivity index (χ1) is 9.93. The van der Waals surface area contributed by atoms with E-state index in [4.69, 9.17) is 15.0 Å². The number of aromatic nitrogens is 2. The topological polar surface area (TPSA) is 74.2 Å². The SMILES string of the molecule is COc1ccc(-c2noc(C(C(C)C)C(C)N)n2)cc1C. The summed E-state index contributed by atoms with van der Waals surface area (Å²) < 4.78 is 10.7. The molecule has 0 aliphatic heterocycles. The molecule has 2 rings (SSSR count). The Labute approximate surface area is 125 Å². The van der Waals surface area contributed by atoms with Gasteiger partial charge in [-0.15, -0.1) is 0 Å². The van der Waals surface area contributed by atoms with Gasteiger partial charge >= 0.3 is 0 Å². The molecule has 21 heavy (non-hydrogen) atoms. The summed E-state index contributed by atoms with van der Waals surface area (Å²) in [5.41, 5.74) is 7.98. The van der Waals surface area contributed by atoms with E-state index < -0.39 is 0 Å². The lowest BCUT2D eigenvalue weighted by molar-refractivity contribution is 0.300. The third-order valence-electron chi connectivity index (χ3n) is 3.66. The number of nitrogens with two attached hydrogens (primary N) is 1. The summed E-state index contributed by atoms with van der Waals surface area (Å²) in [5, 5.41) is 4.09. The number of hydrogen-bond donors (Lipinski definition) is 1. The van der Waals surface area contributed by atoms with Gasteiger partial charge in [0.2, 0.25) is 11.7 Å². The highest BCUT2D eigenvalue weighted by atomic mass is 16.5. The van der Waals surface area contributed by atoms with E-state index in [9.17, 15) is 0 Å². The number of nitrogens with zero attached hydrogens (tertiary/aromatic N) is 2. The maximum Gasteiger partial charge on any atom is 0.231 e. The zero-order chi connectivity index (χ0) is 15.6. The van der Waals surface area contributed by atoms with Crippen molar-refractivity contribution >= 4 is 0 Å². The van der Waals surface area contributed by atoms with E-state index in [0.717, 1.165) is 16.9 Å². The van der Waals surface area contributed by atoms with Crippen LogP contribution >= 0.6 is 0 Å². The second-order valence-corrected chi connectivity index (χ2v) is 5.77. The number of rotatable bonds is 5. The van der Waals surface area contributed by atoms with Crippen LogP contribution in [0.4, 0.5) is 0 Å². The van der Waals surface area contributed by atoms with Crippen molar-refractivity contribution in [2.45, 2.75) is 39.7 Å². The van der Waals surface area contributed by atoms with Gasteiger partial charge in [0.1, 0.15) is 5.75 Å². The molecule has 2 aromatic rings. The van der Waals surface area contributed by atoms with E-state index in [0.29, 0.717) is 17.6 Å². The van der Waals surface area contributed by atoms with Crippen molar-refractivity contribution in [3.05, 3.63) is 29.7 Å². The minimum atomic E-state index is -0.0316. The Bertz CT molecular complexity index is 597. The van der Waals surface area contributed by atoms with Gasteiger partial charge in [0.05, 0.1) is 13.0 Å². The molecule has 0 spiro atoms. The second-order valence-electron chi connectivity index (χ2n) is 5.77. The first kappa shape index (κ1) is 15.5. The Kier molecular flexibility index (Phi) is 4.63. The number of ether oxygens (including phenoxy) is 1. The van der Waals surface area contributed by atoms with Crippen molar-refractivity contribution in [2.24, 2.45) is 11.7 Å². The highest BCUT2D eigenvalue weighted by Crippen LogP contribution is 2.29. The van der Waals surface area contributed by atoms with Gasteiger partial charge in [-0.25, -0.2) is 0 Å². The van der Waals surface area contributed by atoms with Crippen LogP contribution in [0, 0.1) is 12.8 Å². The summed E-state index contributed by atoms with van der Waals surface area (Å²) in [5.74, 6) is 2.44. The number of hydrogen-bond acceptors (Lipinski definition) is 5. The van der Waals surface area contributed by atoms with Gasteiger partial charge in [-0.05, 0) is 43.5 Å². The highest BCUT2D eigenvalue weighted by molar-refractivity contribution is 5.58. The fourth-order valence-corrected chi connectivity index (χ4v) is 2.62. The van der Waals surface area contributed by atoms with E-state index in [1.807, 2.05) is 32.0 Å². The number of aryl methyl sites for hydroxylation is 1. The van der Waals surface area contributed by atoms with Crippen LogP contribution < -0.4 is 10.5 Å². The highest BCUT2D eigenvalue weighted by Gasteiger charge is 2.26. The van der Waals surface area contributed by atoms with Crippen LogP contribution in [0.25, 0.3) is 11.4 Å². The van der Waals surface area contributed by atoms with E-state index in [1.165, 1.54) is 0 Å². The lowest BCUT2D eigenvalue weighted by Crippen LogP contribution is -2.28. The van der Waals surface area contributed by atoms with Crippen molar-refractivity contribution in [1.29, 1.82) is 0 Å². The first-order valence-electron chi connectivity index (χ1n) is 7.18. The van der Waals surface area contributed by atoms with E-state index >= 15 is 0 Å². The van der Waals surface area contributed by atoms with Crippen molar-refractivity contribution in [3.8, 4) is 17.1 Å². The summed E-state index contributed by atoms with van der Waals surface area (Å²) in [4.78, 5) is 4.52. The molecule has 114 valence electrons. The lowest BCUT2D eigenvalue weighted by atomic mass is 9.90. The molecule has 0 saturated carbocycles. The molecule has 0 saturated heterocycles. The summed E-state index contributed by atoms with van der Waals surface area (Å²) in [6, 6.07) is 5.79. The van der Waals surface area contributed by atoms with Crippen LogP contribution in [0.3, 0.4) is 0 Å². The van der Waals surface area contributed by atoms with Gasteiger partial charge in [-0.2, -0.15) is 4.98 Å². The van der Waals surface area contributed by atoms with Crippen LogP contribution in [0.15, 0.2) is 22.7 Å². The van der Waals surface area contributed by atoms with Crippen LogP contribution in [0.2, 0.25) is 0 Å². The third kappa shape index (κ3) is 3.24. The average molecular weight is 289 g/mol. The maximum absolute atomic E-state index is 6.04. The first-order valence-corrected chi connectivity index (χ1v) is 7.18. The fraction of sp³-hybridized carbons (Fsp3) is 0.500. The molecule has 0 bridgehead atoms. The molecule has 2 atom stereocenters. The quantitative estimate of drug-likeness (QED) is 0.915. The van der Waals surface area contributed by atoms with Crippen LogP contribution in [-0.4, -0.2) is 23.3 Å². The zero-order valence-electron chi connectivity index (χ0n) is 13.3. The molecule has 0 aliphatic carbocycles. The maximum atomic E-state index is 6.04. The number of benzene rings is 1. The van der Waals surface area contributed by atoms with Crippen LogP contribution in [-0.2, 0) is 0 Å². The molecule has 1 aromatic heterocycles. The Hall–Kier alpha value is -1.88. The van der Waals surface area contributed by atoms with Crippen molar-refractivity contribution < 1.29 is 9.26 Å². The summed E-state index contributed by atoms with van der Waals surface area (Å²) >= 11 is 0. The largest absolute Gasteiger partial charge is 0.496 e. The lowest BCUT2D eigenvalue weighted by Gasteiger charge is -2.20. The van der Waals surface area contributed by atoms with Gasteiger partial charge in [0.25, 0.3) is 0 Å². The van der Waals surface area contributed by atoms with Gasteiger partial charge in [0.15, 0.2) is 0 Å². The molecule has 0 radical (unpaired) electrons. The normalized spacial score (nSPS) is 14.2. The van der Waals surface area contributed by atoms with E-state index in [2.05, 4.69) is 24.0 Å². The molecule has 0 fully saturated rings. The van der Waals surface area contributed by atoms with E-state index in [1.54, 1.807) is 7.11 Å². The summed E-state index contributed by atoms with van der Waals surface area (Å²) in [6.07, 6.45) is 0. The molecule has 2 unspecified atom stereocenters. The van der Waals surface area contributed by atoms with E-state index in [-0.39, 0.29) is 12.0 Å². The van der Waals surface area contributed by atoms with Crippen LogP contribution in [0.5, 0.6) is 5.75 Å². The van der Waals surface area contributed by atoms with Gasteiger partial charge in [0, 0.05) is 11.6 Å². The minimum absolute atomic E-state index is 0.0316. The Morgan fingerprint density at radius 1 is 1.24 bits per heavy atom. The molecular weight excluding hydrogens is 266 g/mol. The minimum Gasteiger partial charge on any atom is -0.496 e. The Morgan fingerprint density at radius 2 is 1.95 bits per heavy atom. The molecule has 5 heteroatoms. The summed E-state index contributed by atoms with van der Waals surface area (Å²) in [6.45, 7) is 8.17. The molecule has 1 aromatic carbocycles. The molecule has 1 heterocycles. The van der Waals surface area contributed by atoms with Gasteiger partial charge < -0.3 is 15.0 Å². The monoisotopic (exact) mass is 289 g/mol. The fourth-order valence-electron chi connectivity index (χ4n) is 2.62. The molecule has 0 aliphatic rings. The smallest absolute Gasteiger partial charge is 0.231 e. The average Bonchev–Trinajstić information content (AvgIpc) is 2.87. The predicted octanol–water partition coefficient (Wildman–Crippen LogP) is 3.14. The summed E-state index contributed by atoms with van der Waals surface area (Å²) in [7, 11) is 1.66. The van der Waals surface area contributed by atoms with Crippen molar-refractivity contribution in [1.82, 2.24) is 10.1 Å². The second kappa shape index (κ2) is 6.26.